The molecule has 1 amide bonds. The first kappa shape index (κ1) is 15.0. The van der Waals surface area contributed by atoms with Gasteiger partial charge < -0.3 is 15.7 Å². The summed E-state index contributed by atoms with van der Waals surface area (Å²) in [5, 5.41) is 9.24. The SMILES string of the molecule is CN(Cc1ccncc1)C(=O)[C@H](N)Cc1ccc(O)cc1. The molecule has 21 heavy (non-hydrogen) atoms. The van der Waals surface area contributed by atoms with Crippen LogP contribution >= 0.6 is 0 Å². The first-order chi connectivity index (χ1) is 10.1. The summed E-state index contributed by atoms with van der Waals surface area (Å²) in [6, 6.07) is 9.86. The Morgan fingerprint density at radius 3 is 2.43 bits per heavy atom. The van der Waals surface area contributed by atoms with Crippen LogP contribution in [0, 0.1) is 0 Å². The molecule has 5 heteroatoms. The number of rotatable bonds is 5. The minimum atomic E-state index is -0.596. The molecule has 0 unspecified atom stereocenters. The molecule has 0 aliphatic rings. The van der Waals surface area contributed by atoms with E-state index < -0.39 is 6.04 Å². The number of carbonyl (C=O) groups is 1. The third-order valence-corrected chi connectivity index (χ3v) is 3.25. The molecule has 1 aromatic carbocycles. The second-order valence-electron chi connectivity index (χ2n) is 5.03. The molecular formula is C16H19N3O2. The van der Waals surface area contributed by atoms with Crippen molar-refractivity contribution in [2.24, 2.45) is 5.73 Å². The number of phenolic OH excluding ortho intramolecular Hbond substituents is 1. The molecule has 0 aliphatic heterocycles. The lowest BCUT2D eigenvalue weighted by Crippen LogP contribution is -2.42. The van der Waals surface area contributed by atoms with Crippen LogP contribution < -0.4 is 5.73 Å². The Balaban J connectivity index is 1.93. The van der Waals surface area contributed by atoms with E-state index in [0.717, 1.165) is 11.1 Å². The van der Waals surface area contributed by atoms with Crippen molar-refractivity contribution in [2.75, 3.05) is 7.05 Å². The Hall–Kier alpha value is -2.40. The summed E-state index contributed by atoms with van der Waals surface area (Å²) in [6.07, 6.45) is 3.84. The third kappa shape index (κ3) is 4.29. The Morgan fingerprint density at radius 1 is 1.19 bits per heavy atom. The van der Waals surface area contributed by atoms with E-state index in [1.807, 2.05) is 12.1 Å². The van der Waals surface area contributed by atoms with E-state index in [4.69, 9.17) is 5.73 Å². The highest BCUT2D eigenvalue weighted by Crippen LogP contribution is 2.12. The van der Waals surface area contributed by atoms with Crippen molar-refractivity contribution in [1.29, 1.82) is 0 Å². The maximum Gasteiger partial charge on any atom is 0.239 e. The van der Waals surface area contributed by atoms with Crippen molar-refractivity contribution in [3.05, 3.63) is 59.9 Å². The first-order valence-corrected chi connectivity index (χ1v) is 6.73. The van der Waals surface area contributed by atoms with Crippen molar-refractivity contribution in [3.8, 4) is 5.75 Å². The van der Waals surface area contributed by atoms with Gasteiger partial charge in [0.15, 0.2) is 0 Å². The minimum Gasteiger partial charge on any atom is -0.508 e. The summed E-state index contributed by atoms with van der Waals surface area (Å²) >= 11 is 0. The molecule has 1 aromatic heterocycles. The molecule has 3 N–H and O–H groups in total. The molecule has 1 atom stereocenters. The van der Waals surface area contributed by atoms with E-state index in [1.165, 1.54) is 0 Å². The molecule has 0 radical (unpaired) electrons. The fourth-order valence-electron chi connectivity index (χ4n) is 2.10. The number of carbonyl (C=O) groups excluding carboxylic acids is 1. The number of hydrogen-bond donors (Lipinski definition) is 2. The van der Waals surface area contributed by atoms with Gasteiger partial charge in [-0.3, -0.25) is 9.78 Å². The van der Waals surface area contributed by atoms with Crippen molar-refractivity contribution >= 4 is 5.91 Å². The summed E-state index contributed by atoms with van der Waals surface area (Å²) in [5.74, 6) is 0.0911. The fraction of sp³-hybridized carbons (Fsp3) is 0.250. The number of benzene rings is 1. The van der Waals surface area contributed by atoms with Gasteiger partial charge in [0, 0.05) is 26.0 Å². The number of aromatic nitrogens is 1. The van der Waals surface area contributed by atoms with Gasteiger partial charge in [-0.25, -0.2) is 0 Å². The van der Waals surface area contributed by atoms with Gasteiger partial charge >= 0.3 is 0 Å². The van der Waals surface area contributed by atoms with Gasteiger partial charge in [-0.2, -0.15) is 0 Å². The standard InChI is InChI=1S/C16H19N3O2/c1-19(11-13-6-8-18-9-7-13)16(21)15(17)10-12-2-4-14(20)5-3-12/h2-9,15,20H,10-11,17H2,1H3/t15-/m1/s1. The van der Waals surface area contributed by atoms with Crippen LogP contribution in [0.1, 0.15) is 11.1 Å². The first-order valence-electron chi connectivity index (χ1n) is 6.73. The van der Waals surface area contributed by atoms with Crippen LogP contribution in [0.4, 0.5) is 0 Å². The molecule has 1 heterocycles. The van der Waals surface area contributed by atoms with Crippen molar-refractivity contribution in [2.45, 2.75) is 19.0 Å². The van der Waals surface area contributed by atoms with Crippen LogP contribution in [0.2, 0.25) is 0 Å². The second kappa shape index (κ2) is 6.85. The summed E-state index contributed by atoms with van der Waals surface area (Å²) in [5.41, 5.74) is 7.91. The lowest BCUT2D eigenvalue weighted by Gasteiger charge is -2.21. The van der Waals surface area contributed by atoms with Crippen molar-refractivity contribution < 1.29 is 9.90 Å². The third-order valence-electron chi connectivity index (χ3n) is 3.25. The number of phenols is 1. The Morgan fingerprint density at radius 2 is 1.81 bits per heavy atom. The van der Waals surface area contributed by atoms with Gasteiger partial charge in [0.1, 0.15) is 5.75 Å². The molecule has 110 valence electrons. The van der Waals surface area contributed by atoms with E-state index in [1.54, 1.807) is 48.6 Å². The molecule has 5 nitrogen and oxygen atoms in total. The number of nitrogens with zero attached hydrogens (tertiary/aromatic N) is 2. The molecule has 0 spiro atoms. The number of amides is 1. The van der Waals surface area contributed by atoms with Crippen molar-refractivity contribution in [3.63, 3.8) is 0 Å². The van der Waals surface area contributed by atoms with Crippen LogP contribution in [-0.4, -0.2) is 34.0 Å². The van der Waals surface area contributed by atoms with Crippen LogP contribution in [0.25, 0.3) is 0 Å². The molecule has 2 aromatic rings. The Labute approximate surface area is 124 Å². The molecular weight excluding hydrogens is 266 g/mol. The molecule has 0 fully saturated rings. The van der Waals surface area contributed by atoms with Gasteiger partial charge in [0.05, 0.1) is 6.04 Å². The average molecular weight is 285 g/mol. The zero-order valence-corrected chi connectivity index (χ0v) is 11.9. The predicted octanol–water partition coefficient (Wildman–Crippen LogP) is 1.32. The number of likely N-dealkylation sites (N-methyl/N-ethyl adjacent to an activating group) is 1. The highest BCUT2D eigenvalue weighted by atomic mass is 16.3. The largest absolute Gasteiger partial charge is 0.508 e. The highest BCUT2D eigenvalue weighted by molar-refractivity contribution is 5.81. The normalized spacial score (nSPS) is 11.9. The maximum absolute atomic E-state index is 12.3. The van der Waals surface area contributed by atoms with E-state index in [9.17, 15) is 9.90 Å². The van der Waals surface area contributed by atoms with E-state index in [0.29, 0.717) is 13.0 Å². The van der Waals surface area contributed by atoms with Crippen LogP contribution in [0.15, 0.2) is 48.8 Å². The zero-order valence-electron chi connectivity index (χ0n) is 11.9. The molecule has 0 aliphatic carbocycles. The van der Waals surface area contributed by atoms with Crippen molar-refractivity contribution in [1.82, 2.24) is 9.88 Å². The maximum atomic E-state index is 12.3. The monoisotopic (exact) mass is 285 g/mol. The summed E-state index contributed by atoms with van der Waals surface area (Å²) in [7, 11) is 1.74. The van der Waals surface area contributed by atoms with Gasteiger partial charge in [-0.15, -0.1) is 0 Å². The van der Waals surface area contributed by atoms with Gasteiger partial charge in [0.25, 0.3) is 0 Å². The number of pyridine rings is 1. The Bertz CT molecular complexity index is 584. The fourth-order valence-corrected chi connectivity index (χ4v) is 2.10. The molecule has 0 bridgehead atoms. The quantitative estimate of drug-likeness (QED) is 0.868. The molecule has 0 saturated heterocycles. The van der Waals surface area contributed by atoms with E-state index >= 15 is 0 Å². The van der Waals surface area contributed by atoms with E-state index in [-0.39, 0.29) is 11.7 Å². The van der Waals surface area contributed by atoms with Gasteiger partial charge in [-0.1, -0.05) is 12.1 Å². The second-order valence-corrected chi connectivity index (χ2v) is 5.03. The van der Waals surface area contributed by atoms with E-state index in [2.05, 4.69) is 4.98 Å². The number of nitrogens with two attached hydrogens (primary N) is 1. The van der Waals surface area contributed by atoms with Crippen LogP contribution in [0.3, 0.4) is 0 Å². The lowest BCUT2D eigenvalue weighted by atomic mass is 10.1. The van der Waals surface area contributed by atoms with Gasteiger partial charge in [0.2, 0.25) is 5.91 Å². The lowest BCUT2D eigenvalue weighted by molar-refractivity contribution is -0.131. The summed E-state index contributed by atoms with van der Waals surface area (Å²) < 4.78 is 0. The number of hydrogen-bond acceptors (Lipinski definition) is 4. The zero-order chi connectivity index (χ0) is 15.2. The average Bonchev–Trinajstić information content (AvgIpc) is 2.49. The van der Waals surface area contributed by atoms with Crippen LogP contribution in [-0.2, 0) is 17.8 Å². The Kier molecular flexibility index (Phi) is 4.90. The topological polar surface area (TPSA) is 79.5 Å². The summed E-state index contributed by atoms with van der Waals surface area (Å²) in [4.78, 5) is 17.8. The smallest absolute Gasteiger partial charge is 0.239 e. The molecule has 0 saturated carbocycles. The highest BCUT2D eigenvalue weighted by Gasteiger charge is 2.18. The van der Waals surface area contributed by atoms with Gasteiger partial charge in [-0.05, 0) is 41.8 Å². The molecule has 2 rings (SSSR count). The van der Waals surface area contributed by atoms with Crippen LogP contribution in [0.5, 0.6) is 5.75 Å². The number of aromatic hydroxyl groups is 1. The minimum absolute atomic E-state index is 0.111. The summed E-state index contributed by atoms with van der Waals surface area (Å²) in [6.45, 7) is 0.505. The predicted molar refractivity (Wildman–Crippen MR) is 80.5 cm³/mol.